The Balaban J connectivity index is 1.55. The van der Waals surface area contributed by atoms with Crippen LogP contribution in [-0.2, 0) is 20.7 Å². The molecule has 0 N–H and O–H groups in total. The SMILES string of the molecule is COC(=O)[C@@H]1CN(C(=O)CCc2nc(-c3ccc(Cl)cc3)no2)CCS1. The van der Waals surface area contributed by atoms with Gasteiger partial charge < -0.3 is 14.2 Å². The van der Waals surface area contributed by atoms with Crippen LogP contribution < -0.4 is 0 Å². The molecular formula is C17H18ClN3O4S. The molecule has 0 spiro atoms. The van der Waals surface area contributed by atoms with Gasteiger partial charge in [0.15, 0.2) is 0 Å². The third kappa shape index (κ3) is 4.56. The number of hydrogen-bond acceptors (Lipinski definition) is 7. The van der Waals surface area contributed by atoms with Crippen molar-refractivity contribution in [1.82, 2.24) is 15.0 Å². The van der Waals surface area contributed by atoms with E-state index in [4.69, 9.17) is 20.9 Å². The molecule has 0 saturated carbocycles. The molecule has 7 nitrogen and oxygen atoms in total. The average molecular weight is 396 g/mol. The van der Waals surface area contributed by atoms with Crippen LogP contribution in [0.1, 0.15) is 12.3 Å². The van der Waals surface area contributed by atoms with Crippen LogP contribution in [0.25, 0.3) is 11.4 Å². The van der Waals surface area contributed by atoms with Crippen molar-refractivity contribution in [3.05, 3.63) is 35.2 Å². The van der Waals surface area contributed by atoms with Crippen LogP contribution >= 0.6 is 23.4 Å². The number of esters is 1. The van der Waals surface area contributed by atoms with Crippen molar-refractivity contribution >= 4 is 35.2 Å². The molecule has 9 heteroatoms. The zero-order valence-electron chi connectivity index (χ0n) is 14.2. The van der Waals surface area contributed by atoms with Crippen molar-refractivity contribution in [2.24, 2.45) is 0 Å². The van der Waals surface area contributed by atoms with Gasteiger partial charge in [0.05, 0.1) is 7.11 Å². The molecule has 1 saturated heterocycles. The van der Waals surface area contributed by atoms with Crippen LogP contribution in [0.3, 0.4) is 0 Å². The van der Waals surface area contributed by atoms with E-state index < -0.39 is 0 Å². The van der Waals surface area contributed by atoms with Gasteiger partial charge in [0.1, 0.15) is 5.25 Å². The number of aromatic nitrogens is 2. The first-order chi connectivity index (χ1) is 12.6. The van der Waals surface area contributed by atoms with Gasteiger partial charge in [0.2, 0.25) is 17.6 Å². The van der Waals surface area contributed by atoms with Gasteiger partial charge in [-0.15, -0.1) is 11.8 Å². The third-order valence-electron chi connectivity index (χ3n) is 4.01. The maximum absolute atomic E-state index is 12.4. The van der Waals surface area contributed by atoms with Gasteiger partial charge in [-0.2, -0.15) is 4.98 Å². The average Bonchev–Trinajstić information content (AvgIpc) is 3.15. The van der Waals surface area contributed by atoms with Gasteiger partial charge in [-0.25, -0.2) is 0 Å². The van der Waals surface area contributed by atoms with Crippen molar-refractivity contribution in [1.29, 1.82) is 0 Å². The number of thioether (sulfide) groups is 1. The van der Waals surface area contributed by atoms with Crippen molar-refractivity contribution in [2.75, 3.05) is 26.0 Å². The minimum absolute atomic E-state index is 0.0366. The number of benzene rings is 1. The van der Waals surface area contributed by atoms with E-state index in [2.05, 4.69) is 10.1 Å². The number of ether oxygens (including phenoxy) is 1. The summed E-state index contributed by atoms with van der Waals surface area (Å²) in [5, 5.41) is 4.25. The molecule has 2 heterocycles. The minimum atomic E-state index is -0.322. The van der Waals surface area contributed by atoms with Gasteiger partial charge in [-0.3, -0.25) is 9.59 Å². The molecule has 3 rings (SSSR count). The number of nitrogens with zero attached hydrogens (tertiary/aromatic N) is 3. The van der Waals surface area contributed by atoms with Crippen molar-refractivity contribution in [2.45, 2.75) is 18.1 Å². The number of aryl methyl sites for hydroxylation is 1. The first kappa shape index (κ1) is 18.7. The Labute approximate surface area is 160 Å². The number of carbonyl (C=O) groups is 2. The summed E-state index contributed by atoms with van der Waals surface area (Å²) in [6.45, 7) is 0.993. The Hall–Kier alpha value is -2.06. The fourth-order valence-electron chi connectivity index (χ4n) is 2.59. The number of rotatable bonds is 5. The lowest BCUT2D eigenvalue weighted by Gasteiger charge is -2.30. The molecule has 0 radical (unpaired) electrons. The summed E-state index contributed by atoms with van der Waals surface area (Å²) in [5.41, 5.74) is 0.796. The second-order valence-corrected chi connectivity index (χ2v) is 7.49. The fraction of sp³-hybridized carbons (Fsp3) is 0.412. The summed E-state index contributed by atoms with van der Waals surface area (Å²) in [6, 6.07) is 7.12. The van der Waals surface area contributed by atoms with Crippen molar-refractivity contribution in [3.63, 3.8) is 0 Å². The molecule has 1 aromatic carbocycles. The summed E-state index contributed by atoms with van der Waals surface area (Å²) in [5.74, 6) is 1.25. The molecule has 2 aromatic rings. The van der Waals surface area contributed by atoms with Crippen LogP contribution in [0.15, 0.2) is 28.8 Å². The normalized spacial score (nSPS) is 17.2. The van der Waals surface area contributed by atoms with E-state index in [9.17, 15) is 9.59 Å². The standard InChI is InChI=1S/C17H18ClN3O4S/c1-24-17(23)13-10-21(8-9-26-13)15(22)7-6-14-19-16(20-25-14)11-2-4-12(18)5-3-11/h2-5,13H,6-10H2,1H3/t13-/m0/s1. The largest absolute Gasteiger partial charge is 0.468 e. The Morgan fingerprint density at radius 2 is 2.15 bits per heavy atom. The van der Waals surface area contributed by atoms with Gasteiger partial charge in [0.25, 0.3) is 0 Å². The van der Waals surface area contributed by atoms with Crippen LogP contribution in [0, 0.1) is 0 Å². The highest BCUT2D eigenvalue weighted by Crippen LogP contribution is 2.21. The van der Waals surface area contributed by atoms with E-state index in [1.807, 2.05) is 0 Å². The molecule has 0 bridgehead atoms. The van der Waals surface area contributed by atoms with Crippen LogP contribution in [-0.4, -0.2) is 58.1 Å². The maximum Gasteiger partial charge on any atom is 0.320 e. The van der Waals surface area contributed by atoms with Crippen LogP contribution in [0.4, 0.5) is 0 Å². The Bertz CT molecular complexity index is 781. The fourth-order valence-corrected chi connectivity index (χ4v) is 3.85. The molecule has 1 aliphatic heterocycles. The van der Waals surface area contributed by atoms with E-state index in [0.717, 1.165) is 5.56 Å². The zero-order valence-corrected chi connectivity index (χ0v) is 15.8. The smallest absolute Gasteiger partial charge is 0.320 e. The first-order valence-electron chi connectivity index (χ1n) is 8.12. The molecule has 1 fully saturated rings. The molecule has 0 aliphatic carbocycles. The monoisotopic (exact) mass is 395 g/mol. The van der Waals surface area contributed by atoms with Crippen LogP contribution in [0.2, 0.25) is 5.02 Å². The molecule has 1 aromatic heterocycles. The summed E-state index contributed by atoms with van der Waals surface area (Å²) in [4.78, 5) is 30.1. The van der Waals surface area contributed by atoms with E-state index in [1.165, 1.54) is 18.9 Å². The third-order valence-corrected chi connectivity index (χ3v) is 5.42. The quantitative estimate of drug-likeness (QED) is 0.718. The molecule has 1 atom stereocenters. The van der Waals surface area contributed by atoms with E-state index in [-0.39, 0.29) is 23.5 Å². The number of amides is 1. The first-order valence-corrected chi connectivity index (χ1v) is 9.55. The predicted octanol–water partition coefficient (Wildman–Crippen LogP) is 2.44. The minimum Gasteiger partial charge on any atom is -0.468 e. The van der Waals surface area contributed by atoms with E-state index >= 15 is 0 Å². The Morgan fingerprint density at radius 1 is 1.38 bits per heavy atom. The van der Waals surface area contributed by atoms with Gasteiger partial charge in [-0.05, 0) is 24.3 Å². The Kier molecular flexibility index (Phi) is 6.16. The molecule has 0 unspecified atom stereocenters. The summed E-state index contributed by atoms with van der Waals surface area (Å²) >= 11 is 7.38. The highest BCUT2D eigenvalue weighted by atomic mass is 35.5. The second-order valence-electron chi connectivity index (χ2n) is 5.74. The van der Waals surface area contributed by atoms with Gasteiger partial charge in [0, 0.05) is 42.3 Å². The lowest BCUT2D eigenvalue weighted by molar-refractivity contribution is -0.141. The van der Waals surface area contributed by atoms with Crippen LogP contribution in [0.5, 0.6) is 0 Å². The molecule has 26 heavy (non-hydrogen) atoms. The molecule has 1 amide bonds. The van der Waals surface area contributed by atoms with Crippen molar-refractivity contribution in [3.8, 4) is 11.4 Å². The lowest BCUT2D eigenvalue weighted by Crippen LogP contribution is -2.45. The maximum atomic E-state index is 12.4. The Morgan fingerprint density at radius 3 is 2.88 bits per heavy atom. The summed E-state index contributed by atoms with van der Waals surface area (Å²) in [6.07, 6.45) is 0.604. The number of methoxy groups -OCH3 is 1. The molecule has 138 valence electrons. The molecule has 1 aliphatic rings. The topological polar surface area (TPSA) is 85.5 Å². The summed E-state index contributed by atoms with van der Waals surface area (Å²) < 4.78 is 9.98. The number of carbonyl (C=O) groups excluding carboxylic acids is 2. The molecular weight excluding hydrogens is 378 g/mol. The number of hydrogen-bond donors (Lipinski definition) is 0. The lowest BCUT2D eigenvalue weighted by atomic mass is 10.2. The highest BCUT2D eigenvalue weighted by molar-refractivity contribution is 8.00. The predicted molar refractivity (Wildman–Crippen MR) is 97.9 cm³/mol. The van der Waals surface area contributed by atoms with Gasteiger partial charge >= 0.3 is 5.97 Å². The number of halogens is 1. The zero-order chi connectivity index (χ0) is 18.5. The van der Waals surface area contributed by atoms with Crippen molar-refractivity contribution < 1.29 is 18.8 Å². The highest BCUT2D eigenvalue weighted by Gasteiger charge is 2.29. The van der Waals surface area contributed by atoms with E-state index in [1.54, 1.807) is 29.2 Å². The second kappa shape index (κ2) is 8.55. The summed E-state index contributed by atoms with van der Waals surface area (Å²) in [7, 11) is 1.36. The van der Waals surface area contributed by atoms with E-state index in [0.29, 0.717) is 42.0 Å². The van der Waals surface area contributed by atoms with Gasteiger partial charge in [-0.1, -0.05) is 16.8 Å².